The van der Waals surface area contributed by atoms with Crippen molar-refractivity contribution in [3.8, 4) is 0 Å². The normalized spacial score (nSPS) is 27.0. The fraction of sp³-hybridized carbons (Fsp3) is 0.778. The third-order valence-electron chi connectivity index (χ3n) is 2.50. The van der Waals surface area contributed by atoms with Gasteiger partial charge in [0.2, 0.25) is 0 Å². The van der Waals surface area contributed by atoms with E-state index in [9.17, 15) is 0 Å². The van der Waals surface area contributed by atoms with Gasteiger partial charge in [0.15, 0.2) is 0 Å². The molecule has 0 radical (unpaired) electrons. The number of hydrogen-bond donors (Lipinski definition) is 1. The van der Waals surface area contributed by atoms with Crippen molar-refractivity contribution in [3.63, 3.8) is 0 Å². The first kappa shape index (κ1) is 10.0. The SMILES string of the molecule is CC1(c2nnc(CCN)s2)CCCO1. The maximum atomic E-state index is 5.69. The zero-order valence-corrected chi connectivity index (χ0v) is 9.14. The lowest BCUT2D eigenvalue weighted by Gasteiger charge is -2.18. The number of hydrogen-bond acceptors (Lipinski definition) is 5. The lowest BCUT2D eigenvalue weighted by atomic mass is 10.0. The van der Waals surface area contributed by atoms with Gasteiger partial charge in [-0.1, -0.05) is 11.3 Å². The first-order valence-corrected chi connectivity index (χ1v) is 5.73. The molecule has 2 rings (SSSR count). The predicted octanol–water partition coefficient (Wildman–Crippen LogP) is 1.06. The second-order valence-electron chi connectivity index (χ2n) is 3.72. The topological polar surface area (TPSA) is 61.0 Å². The predicted molar refractivity (Wildman–Crippen MR) is 55.2 cm³/mol. The summed E-state index contributed by atoms with van der Waals surface area (Å²) in [5.41, 5.74) is 5.27. The molecule has 1 aliphatic heterocycles. The Morgan fingerprint density at radius 1 is 1.57 bits per heavy atom. The third kappa shape index (κ3) is 1.80. The van der Waals surface area contributed by atoms with Crippen molar-refractivity contribution in [2.45, 2.75) is 31.8 Å². The van der Waals surface area contributed by atoms with Crippen molar-refractivity contribution >= 4 is 11.3 Å². The molecule has 0 aliphatic carbocycles. The van der Waals surface area contributed by atoms with Crippen LogP contribution in [0.4, 0.5) is 0 Å². The molecule has 1 aliphatic rings. The maximum Gasteiger partial charge on any atom is 0.149 e. The molecule has 1 unspecified atom stereocenters. The van der Waals surface area contributed by atoms with Gasteiger partial charge in [0.25, 0.3) is 0 Å². The van der Waals surface area contributed by atoms with Gasteiger partial charge in [0, 0.05) is 13.0 Å². The fourth-order valence-electron chi connectivity index (χ4n) is 1.64. The lowest BCUT2D eigenvalue weighted by molar-refractivity contribution is 0.0161. The summed E-state index contributed by atoms with van der Waals surface area (Å²) in [4.78, 5) is 0. The summed E-state index contributed by atoms with van der Waals surface area (Å²) >= 11 is 1.63. The molecule has 78 valence electrons. The van der Waals surface area contributed by atoms with Gasteiger partial charge in [-0.25, -0.2) is 0 Å². The number of nitrogens with two attached hydrogens (primary N) is 1. The van der Waals surface area contributed by atoms with Crippen LogP contribution in [0.1, 0.15) is 29.8 Å². The van der Waals surface area contributed by atoms with Crippen molar-refractivity contribution in [3.05, 3.63) is 10.0 Å². The summed E-state index contributed by atoms with van der Waals surface area (Å²) in [6.45, 7) is 3.56. The summed E-state index contributed by atoms with van der Waals surface area (Å²) in [6, 6.07) is 0. The van der Waals surface area contributed by atoms with E-state index in [0.717, 1.165) is 35.9 Å². The number of nitrogens with zero attached hydrogens (tertiary/aromatic N) is 2. The molecule has 1 atom stereocenters. The van der Waals surface area contributed by atoms with Crippen LogP contribution >= 0.6 is 11.3 Å². The molecule has 0 saturated carbocycles. The van der Waals surface area contributed by atoms with Crippen LogP contribution in [0, 0.1) is 0 Å². The van der Waals surface area contributed by atoms with E-state index in [1.54, 1.807) is 11.3 Å². The minimum atomic E-state index is -0.190. The van der Waals surface area contributed by atoms with E-state index in [4.69, 9.17) is 10.5 Å². The van der Waals surface area contributed by atoms with Crippen LogP contribution in [0.2, 0.25) is 0 Å². The molecule has 2 heterocycles. The van der Waals surface area contributed by atoms with E-state index < -0.39 is 0 Å². The van der Waals surface area contributed by atoms with Crippen molar-refractivity contribution in [1.82, 2.24) is 10.2 Å². The van der Waals surface area contributed by atoms with Crippen molar-refractivity contribution in [1.29, 1.82) is 0 Å². The first-order valence-electron chi connectivity index (χ1n) is 4.91. The average Bonchev–Trinajstić information content (AvgIpc) is 2.75. The molecule has 0 amide bonds. The van der Waals surface area contributed by atoms with Gasteiger partial charge in [0.1, 0.15) is 15.6 Å². The minimum absolute atomic E-state index is 0.190. The van der Waals surface area contributed by atoms with Crippen molar-refractivity contribution < 1.29 is 4.74 Å². The van der Waals surface area contributed by atoms with Crippen molar-refractivity contribution in [2.75, 3.05) is 13.2 Å². The molecular formula is C9H15N3OS. The summed E-state index contributed by atoms with van der Waals surface area (Å²) < 4.78 is 5.69. The van der Waals surface area contributed by atoms with E-state index in [-0.39, 0.29) is 5.60 Å². The highest BCUT2D eigenvalue weighted by Crippen LogP contribution is 2.36. The Morgan fingerprint density at radius 2 is 2.43 bits per heavy atom. The van der Waals surface area contributed by atoms with E-state index >= 15 is 0 Å². The molecule has 1 fully saturated rings. The second kappa shape index (κ2) is 3.92. The Hall–Kier alpha value is -0.520. The number of aromatic nitrogens is 2. The molecule has 1 aromatic heterocycles. The standard InChI is InChI=1S/C9H15N3OS/c1-9(4-2-6-13-9)8-12-11-7(14-8)3-5-10/h2-6,10H2,1H3. The van der Waals surface area contributed by atoms with Crippen LogP contribution in [-0.2, 0) is 16.8 Å². The highest BCUT2D eigenvalue weighted by Gasteiger charge is 2.35. The van der Waals surface area contributed by atoms with E-state index in [1.807, 2.05) is 0 Å². The van der Waals surface area contributed by atoms with Crippen LogP contribution < -0.4 is 5.73 Å². The van der Waals surface area contributed by atoms with Gasteiger partial charge in [0.05, 0.1) is 0 Å². The second-order valence-corrected chi connectivity index (χ2v) is 4.78. The molecule has 1 aromatic rings. The largest absolute Gasteiger partial charge is 0.368 e. The number of ether oxygens (including phenoxy) is 1. The van der Waals surface area contributed by atoms with Crippen molar-refractivity contribution in [2.24, 2.45) is 5.73 Å². The van der Waals surface area contributed by atoms with Crippen LogP contribution in [0.25, 0.3) is 0 Å². The highest BCUT2D eigenvalue weighted by molar-refractivity contribution is 7.11. The van der Waals surface area contributed by atoms with Gasteiger partial charge >= 0.3 is 0 Å². The van der Waals surface area contributed by atoms with Crippen LogP contribution in [0.5, 0.6) is 0 Å². The van der Waals surface area contributed by atoms with Crippen LogP contribution in [-0.4, -0.2) is 23.3 Å². The monoisotopic (exact) mass is 213 g/mol. The third-order valence-corrected chi connectivity index (χ3v) is 3.72. The quantitative estimate of drug-likeness (QED) is 0.815. The zero-order chi connectivity index (χ0) is 10.0. The minimum Gasteiger partial charge on any atom is -0.368 e. The summed E-state index contributed by atoms with van der Waals surface area (Å²) in [5.74, 6) is 0. The van der Waals surface area contributed by atoms with Gasteiger partial charge in [-0.15, -0.1) is 10.2 Å². The maximum absolute atomic E-state index is 5.69. The van der Waals surface area contributed by atoms with Gasteiger partial charge in [-0.3, -0.25) is 0 Å². The molecule has 2 N–H and O–H groups in total. The van der Waals surface area contributed by atoms with Gasteiger partial charge < -0.3 is 10.5 Å². The average molecular weight is 213 g/mol. The first-order chi connectivity index (χ1) is 6.74. The Kier molecular flexibility index (Phi) is 2.80. The molecule has 1 saturated heterocycles. The zero-order valence-electron chi connectivity index (χ0n) is 8.32. The molecule has 5 heteroatoms. The van der Waals surface area contributed by atoms with E-state index in [2.05, 4.69) is 17.1 Å². The van der Waals surface area contributed by atoms with Crippen LogP contribution in [0.15, 0.2) is 0 Å². The molecule has 0 spiro atoms. The molecule has 4 nitrogen and oxygen atoms in total. The summed E-state index contributed by atoms with van der Waals surface area (Å²) in [5, 5.41) is 10.3. The van der Waals surface area contributed by atoms with Crippen LogP contribution in [0.3, 0.4) is 0 Å². The Labute approximate surface area is 87.5 Å². The summed E-state index contributed by atoms with van der Waals surface area (Å²) in [6.07, 6.45) is 2.97. The smallest absolute Gasteiger partial charge is 0.149 e. The Bertz CT molecular complexity index is 307. The lowest BCUT2D eigenvalue weighted by Crippen LogP contribution is -2.19. The Morgan fingerprint density at radius 3 is 3.07 bits per heavy atom. The van der Waals surface area contributed by atoms with E-state index in [0.29, 0.717) is 6.54 Å². The molecular weight excluding hydrogens is 198 g/mol. The molecule has 0 aromatic carbocycles. The molecule has 14 heavy (non-hydrogen) atoms. The molecule has 0 bridgehead atoms. The fourth-order valence-corrected chi connectivity index (χ4v) is 2.62. The van der Waals surface area contributed by atoms with Gasteiger partial charge in [-0.05, 0) is 26.3 Å². The highest BCUT2D eigenvalue weighted by atomic mass is 32.1. The van der Waals surface area contributed by atoms with E-state index in [1.165, 1.54) is 0 Å². The summed E-state index contributed by atoms with van der Waals surface area (Å²) in [7, 11) is 0. The Balaban J connectivity index is 2.15. The van der Waals surface area contributed by atoms with Gasteiger partial charge in [-0.2, -0.15) is 0 Å². The number of rotatable bonds is 3.